The van der Waals surface area contributed by atoms with Crippen molar-refractivity contribution in [3.05, 3.63) is 22.4 Å². The molecule has 7 nitrogen and oxygen atoms in total. The van der Waals surface area contributed by atoms with Crippen molar-refractivity contribution in [1.29, 1.82) is 0 Å². The van der Waals surface area contributed by atoms with Crippen LogP contribution >= 0.6 is 11.3 Å². The number of aliphatic carboxylic acids is 2. The van der Waals surface area contributed by atoms with Crippen LogP contribution in [0, 0.1) is 0 Å². The number of carboxylic acid groups (broad SMARTS) is 2. The summed E-state index contributed by atoms with van der Waals surface area (Å²) >= 11 is 1.55. The maximum atomic E-state index is 11.8. The number of hydrogen-bond acceptors (Lipinski definition) is 4. The summed E-state index contributed by atoms with van der Waals surface area (Å²) in [6.45, 7) is 0.477. The highest BCUT2D eigenvalue weighted by molar-refractivity contribution is 7.09. The first kappa shape index (κ1) is 16.0. The average molecular weight is 300 g/mol. The lowest BCUT2D eigenvalue weighted by atomic mass is 10.2. The summed E-state index contributed by atoms with van der Waals surface area (Å²) in [7, 11) is 0. The molecule has 0 radical (unpaired) electrons. The summed E-state index contributed by atoms with van der Waals surface area (Å²) in [5.74, 6) is -2.51. The lowest BCUT2D eigenvalue weighted by Crippen LogP contribution is -2.48. The van der Waals surface area contributed by atoms with Crippen molar-refractivity contribution in [1.82, 2.24) is 10.2 Å². The van der Waals surface area contributed by atoms with Gasteiger partial charge in [0.15, 0.2) is 0 Å². The molecule has 0 saturated carbocycles. The van der Waals surface area contributed by atoms with Gasteiger partial charge in [-0.25, -0.2) is 4.79 Å². The minimum atomic E-state index is -1.26. The van der Waals surface area contributed by atoms with E-state index >= 15 is 0 Å². The zero-order valence-corrected chi connectivity index (χ0v) is 11.7. The number of hydrogen-bond donors (Lipinski definition) is 3. The van der Waals surface area contributed by atoms with Gasteiger partial charge in [0.25, 0.3) is 0 Å². The fourth-order valence-electron chi connectivity index (χ4n) is 1.61. The molecule has 0 aliphatic rings. The van der Waals surface area contributed by atoms with Crippen molar-refractivity contribution in [2.75, 3.05) is 13.1 Å². The normalized spacial score (nSPS) is 11.7. The van der Waals surface area contributed by atoms with Crippen LogP contribution in [0.25, 0.3) is 0 Å². The smallest absolute Gasteiger partial charge is 0.323 e. The minimum Gasteiger partial charge on any atom is -0.480 e. The lowest BCUT2D eigenvalue weighted by Gasteiger charge is -2.22. The zero-order valence-electron chi connectivity index (χ0n) is 10.9. The van der Waals surface area contributed by atoms with E-state index in [1.807, 2.05) is 17.5 Å². The SMILES string of the molecule is CC(Cc1cccs1)NC(=O)N(CC(=O)O)CC(=O)O. The molecule has 0 aliphatic carbocycles. The molecule has 8 heteroatoms. The second kappa shape index (κ2) is 7.49. The van der Waals surface area contributed by atoms with E-state index in [2.05, 4.69) is 5.32 Å². The van der Waals surface area contributed by atoms with Gasteiger partial charge in [0.2, 0.25) is 0 Å². The third kappa shape index (κ3) is 5.70. The summed E-state index contributed by atoms with van der Waals surface area (Å²) in [4.78, 5) is 34.9. The van der Waals surface area contributed by atoms with E-state index < -0.39 is 31.1 Å². The number of amides is 2. The van der Waals surface area contributed by atoms with Crippen LogP contribution in [0.4, 0.5) is 4.79 Å². The molecule has 1 aromatic heterocycles. The molecule has 0 spiro atoms. The monoisotopic (exact) mass is 300 g/mol. The van der Waals surface area contributed by atoms with E-state index in [0.717, 1.165) is 9.78 Å². The van der Waals surface area contributed by atoms with Gasteiger partial charge in [-0.05, 0) is 18.4 Å². The van der Waals surface area contributed by atoms with Crippen LogP contribution in [0.1, 0.15) is 11.8 Å². The molecule has 1 heterocycles. The van der Waals surface area contributed by atoms with Crippen LogP contribution in [0.2, 0.25) is 0 Å². The van der Waals surface area contributed by atoms with E-state index in [9.17, 15) is 14.4 Å². The van der Waals surface area contributed by atoms with Gasteiger partial charge in [-0.3, -0.25) is 9.59 Å². The van der Waals surface area contributed by atoms with Crippen LogP contribution in [0.5, 0.6) is 0 Å². The van der Waals surface area contributed by atoms with Gasteiger partial charge < -0.3 is 20.4 Å². The highest BCUT2D eigenvalue weighted by Gasteiger charge is 2.21. The van der Waals surface area contributed by atoms with E-state index in [0.29, 0.717) is 6.42 Å². The van der Waals surface area contributed by atoms with Crippen LogP contribution in [0.3, 0.4) is 0 Å². The molecule has 0 aromatic carbocycles. The number of nitrogens with zero attached hydrogens (tertiary/aromatic N) is 1. The largest absolute Gasteiger partial charge is 0.480 e. The van der Waals surface area contributed by atoms with Crippen molar-refractivity contribution >= 4 is 29.3 Å². The van der Waals surface area contributed by atoms with Crippen LogP contribution < -0.4 is 5.32 Å². The van der Waals surface area contributed by atoms with Crippen LogP contribution in [0.15, 0.2) is 17.5 Å². The Balaban J connectivity index is 2.55. The van der Waals surface area contributed by atoms with E-state index in [1.165, 1.54) is 0 Å². The van der Waals surface area contributed by atoms with Crippen molar-refractivity contribution in [2.24, 2.45) is 0 Å². The summed E-state index contributed by atoms with van der Waals surface area (Å²) in [5.41, 5.74) is 0. The third-order valence-electron chi connectivity index (χ3n) is 2.40. The molecule has 0 fully saturated rings. The second-order valence-electron chi connectivity index (χ2n) is 4.28. The minimum absolute atomic E-state index is 0.216. The van der Waals surface area contributed by atoms with E-state index in [1.54, 1.807) is 18.3 Å². The molecule has 1 aromatic rings. The average Bonchev–Trinajstić information content (AvgIpc) is 2.79. The summed E-state index contributed by atoms with van der Waals surface area (Å²) in [6.07, 6.45) is 0.609. The number of carbonyl (C=O) groups is 3. The summed E-state index contributed by atoms with van der Waals surface area (Å²) in [5, 5.41) is 21.9. The number of thiophene rings is 1. The molecule has 0 aliphatic heterocycles. The first-order chi connectivity index (χ1) is 9.38. The predicted octanol–water partition coefficient (Wildman–Crippen LogP) is 0.860. The number of carbonyl (C=O) groups excluding carboxylic acids is 1. The van der Waals surface area contributed by atoms with Gasteiger partial charge in [-0.15, -0.1) is 11.3 Å². The molecule has 1 rings (SSSR count). The molecule has 20 heavy (non-hydrogen) atoms. The van der Waals surface area contributed by atoms with Crippen molar-refractivity contribution < 1.29 is 24.6 Å². The predicted molar refractivity (Wildman–Crippen MR) is 72.9 cm³/mol. The van der Waals surface area contributed by atoms with Crippen molar-refractivity contribution in [3.8, 4) is 0 Å². The highest BCUT2D eigenvalue weighted by Crippen LogP contribution is 2.11. The Morgan fingerprint density at radius 2 is 1.90 bits per heavy atom. The lowest BCUT2D eigenvalue weighted by molar-refractivity contribution is -0.140. The Morgan fingerprint density at radius 1 is 1.30 bits per heavy atom. The van der Waals surface area contributed by atoms with Gasteiger partial charge in [0.1, 0.15) is 13.1 Å². The standard InChI is InChI=1S/C12H16N2O5S/c1-8(5-9-3-2-4-20-9)13-12(19)14(6-10(15)16)7-11(17)18/h2-4,8H,5-7H2,1H3,(H,13,19)(H,15,16)(H,17,18). The first-order valence-electron chi connectivity index (χ1n) is 5.90. The third-order valence-corrected chi connectivity index (χ3v) is 3.30. The van der Waals surface area contributed by atoms with E-state index in [4.69, 9.17) is 10.2 Å². The Labute approximate surface area is 119 Å². The van der Waals surface area contributed by atoms with Crippen molar-refractivity contribution in [2.45, 2.75) is 19.4 Å². The maximum absolute atomic E-state index is 11.8. The topological polar surface area (TPSA) is 107 Å². The molecule has 3 N–H and O–H groups in total. The molecule has 2 amide bonds. The molecule has 0 bridgehead atoms. The quantitative estimate of drug-likeness (QED) is 0.692. The molecule has 1 atom stereocenters. The van der Waals surface area contributed by atoms with Crippen LogP contribution in [-0.2, 0) is 16.0 Å². The number of urea groups is 1. The molecular formula is C12H16N2O5S. The summed E-state index contributed by atoms with van der Waals surface area (Å²) < 4.78 is 0. The summed E-state index contributed by atoms with van der Waals surface area (Å²) in [6, 6.07) is 2.92. The Hall–Kier alpha value is -2.09. The number of nitrogens with one attached hydrogen (secondary N) is 1. The Kier molecular flexibility index (Phi) is 5.98. The molecule has 0 saturated heterocycles. The van der Waals surface area contributed by atoms with Gasteiger partial charge in [0.05, 0.1) is 0 Å². The van der Waals surface area contributed by atoms with E-state index in [-0.39, 0.29) is 6.04 Å². The fraction of sp³-hybridized carbons (Fsp3) is 0.417. The second-order valence-corrected chi connectivity index (χ2v) is 5.31. The van der Waals surface area contributed by atoms with Gasteiger partial charge in [-0.1, -0.05) is 6.07 Å². The zero-order chi connectivity index (χ0) is 15.1. The Morgan fingerprint density at radius 3 is 2.35 bits per heavy atom. The fourth-order valence-corrected chi connectivity index (χ4v) is 2.44. The van der Waals surface area contributed by atoms with Gasteiger partial charge in [-0.2, -0.15) is 0 Å². The Bertz CT molecular complexity index is 458. The number of carboxylic acids is 2. The maximum Gasteiger partial charge on any atom is 0.323 e. The highest BCUT2D eigenvalue weighted by atomic mass is 32.1. The van der Waals surface area contributed by atoms with Crippen LogP contribution in [-0.4, -0.2) is 52.2 Å². The number of rotatable bonds is 7. The van der Waals surface area contributed by atoms with Gasteiger partial charge in [0, 0.05) is 17.3 Å². The molecular weight excluding hydrogens is 284 g/mol. The molecule has 1 unspecified atom stereocenters. The molecule has 110 valence electrons. The van der Waals surface area contributed by atoms with Crippen molar-refractivity contribution in [3.63, 3.8) is 0 Å². The first-order valence-corrected chi connectivity index (χ1v) is 6.78. The van der Waals surface area contributed by atoms with Gasteiger partial charge >= 0.3 is 18.0 Å².